The van der Waals surface area contributed by atoms with Gasteiger partial charge in [0, 0.05) is 12.8 Å². The van der Waals surface area contributed by atoms with E-state index >= 15 is 0 Å². The summed E-state index contributed by atoms with van der Waals surface area (Å²) < 4.78 is 0. The number of amides is 4. The summed E-state index contributed by atoms with van der Waals surface area (Å²) in [4.78, 5) is 60.7. The molecule has 0 aliphatic rings. The third kappa shape index (κ3) is 9.88. The van der Waals surface area contributed by atoms with Crippen LogP contribution in [0.1, 0.15) is 39.2 Å². The highest BCUT2D eigenvalue weighted by molar-refractivity contribution is 5.94. The molecule has 0 bridgehead atoms. The van der Waals surface area contributed by atoms with Crippen molar-refractivity contribution in [3.05, 3.63) is 29.8 Å². The molecule has 1 rings (SSSR count). The molecule has 0 aromatic heterocycles. The van der Waals surface area contributed by atoms with Crippen molar-refractivity contribution in [2.75, 3.05) is 0 Å². The number of carboxylic acids is 1. The number of aliphatic hydroxyl groups excluding tert-OH is 1. The first-order valence-electron chi connectivity index (χ1n) is 11.4. The summed E-state index contributed by atoms with van der Waals surface area (Å²) in [5.41, 5.74) is 11.3. The third-order valence-corrected chi connectivity index (χ3v) is 5.34. The summed E-state index contributed by atoms with van der Waals surface area (Å²) in [5, 5.41) is 36.1. The van der Waals surface area contributed by atoms with Gasteiger partial charge in [0.2, 0.25) is 23.6 Å². The summed E-state index contributed by atoms with van der Waals surface area (Å²) in [7, 11) is 0. The Balaban J connectivity index is 2.92. The van der Waals surface area contributed by atoms with E-state index in [0.717, 1.165) is 0 Å². The van der Waals surface area contributed by atoms with Crippen molar-refractivity contribution in [1.82, 2.24) is 16.0 Å². The van der Waals surface area contributed by atoms with Crippen LogP contribution in [0, 0.1) is 5.92 Å². The molecule has 5 atom stereocenters. The molecule has 13 nitrogen and oxygen atoms in total. The van der Waals surface area contributed by atoms with E-state index in [-0.39, 0.29) is 25.0 Å². The number of aromatic hydroxyl groups is 1. The van der Waals surface area contributed by atoms with Crippen molar-refractivity contribution < 1.29 is 39.3 Å². The number of phenolic OH excluding ortho intramolecular Hbond substituents is 1. The fourth-order valence-corrected chi connectivity index (χ4v) is 3.20. The van der Waals surface area contributed by atoms with Crippen LogP contribution in [0.2, 0.25) is 0 Å². The second kappa shape index (κ2) is 14.0. The Morgan fingerprint density at radius 2 is 1.42 bits per heavy atom. The van der Waals surface area contributed by atoms with Crippen LogP contribution < -0.4 is 27.4 Å². The van der Waals surface area contributed by atoms with Crippen LogP contribution in [0.3, 0.4) is 0 Å². The molecule has 1 aromatic carbocycles. The Kier molecular flexibility index (Phi) is 11.8. The second-order valence-corrected chi connectivity index (χ2v) is 8.84. The monoisotopic (exact) mass is 509 g/mol. The molecule has 0 aliphatic carbocycles. The standard InChI is InChI=1S/C23H35N5O8/c1-11(2)18(27-20(32)15(24)8-9-17(25)31)21(33)28-19(12(3)29)22(34)26-16(23(35)36)10-13-4-6-14(30)7-5-13/h4-7,11-12,15-16,18-19,29-30H,8-10,24H2,1-3H3,(H2,25,31)(H,26,34)(H,27,32)(H,28,33)(H,35,36). The fourth-order valence-electron chi connectivity index (χ4n) is 3.20. The Labute approximate surface area is 208 Å². The Hall–Kier alpha value is -3.71. The number of nitrogens with two attached hydrogens (primary N) is 2. The Morgan fingerprint density at radius 1 is 0.889 bits per heavy atom. The quantitative estimate of drug-likeness (QED) is 0.140. The van der Waals surface area contributed by atoms with Gasteiger partial charge in [-0.2, -0.15) is 0 Å². The molecule has 13 heteroatoms. The lowest BCUT2D eigenvalue weighted by molar-refractivity contribution is -0.143. The maximum Gasteiger partial charge on any atom is 0.326 e. The summed E-state index contributed by atoms with van der Waals surface area (Å²) in [6, 6.07) is 0.580. The zero-order valence-electron chi connectivity index (χ0n) is 20.4. The number of primary amides is 1. The lowest BCUT2D eigenvalue weighted by atomic mass is 10.0. The highest BCUT2D eigenvalue weighted by Crippen LogP contribution is 2.12. The molecule has 0 saturated heterocycles. The van der Waals surface area contributed by atoms with E-state index in [9.17, 15) is 39.3 Å². The zero-order valence-corrected chi connectivity index (χ0v) is 20.4. The minimum Gasteiger partial charge on any atom is -0.508 e. The third-order valence-electron chi connectivity index (χ3n) is 5.34. The van der Waals surface area contributed by atoms with E-state index in [0.29, 0.717) is 5.56 Å². The van der Waals surface area contributed by atoms with E-state index in [4.69, 9.17) is 11.5 Å². The number of hydrogen-bond donors (Lipinski definition) is 8. The van der Waals surface area contributed by atoms with Crippen molar-refractivity contribution in [3.63, 3.8) is 0 Å². The van der Waals surface area contributed by atoms with Crippen LogP contribution in [0.5, 0.6) is 5.75 Å². The molecule has 200 valence electrons. The van der Waals surface area contributed by atoms with Gasteiger partial charge in [-0.25, -0.2) is 4.79 Å². The van der Waals surface area contributed by atoms with Crippen LogP contribution >= 0.6 is 0 Å². The normalized spacial score (nSPS) is 15.2. The maximum absolute atomic E-state index is 12.9. The van der Waals surface area contributed by atoms with Gasteiger partial charge in [0.15, 0.2) is 0 Å². The van der Waals surface area contributed by atoms with Gasteiger partial charge in [-0.3, -0.25) is 19.2 Å². The molecular weight excluding hydrogens is 474 g/mol. The maximum atomic E-state index is 12.9. The molecule has 0 spiro atoms. The number of aliphatic carboxylic acids is 1. The lowest BCUT2D eigenvalue weighted by Crippen LogP contribution is -2.61. The number of hydrogen-bond acceptors (Lipinski definition) is 8. The highest BCUT2D eigenvalue weighted by atomic mass is 16.4. The van der Waals surface area contributed by atoms with Crippen LogP contribution in [0.25, 0.3) is 0 Å². The molecule has 10 N–H and O–H groups in total. The Morgan fingerprint density at radius 3 is 1.89 bits per heavy atom. The highest BCUT2D eigenvalue weighted by Gasteiger charge is 2.33. The smallest absolute Gasteiger partial charge is 0.326 e. The molecule has 1 aromatic rings. The Bertz CT molecular complexity index is 935. The zero-order chi connectivity index (χ0) is 27.6. The minimum absolute atomic E-state index is 0.00725. The van der Waals surface area contributed by atoms with Crippen molar-refractivity contribution in [1.29, 1.82) is 0 Å². The lowest BCUT2D eigenvalue weighted by Gasteiger charge is -2.28. The molecule has 0 aliphatic heterocycles. The van der Waals surface area contributed by atoms with Gasteiger partial charge in [-0.15, -0.1) is 0 Å². The van der Waals surface area contributed by atoms with Gasteiger partial charge in [0.25, 0.3) is 0 Å². The first-order valence-corrected chi connectivity index (χ1v) is 11.4. The summed E-state index contributed by atoms with van der Waals surface area (Å²) in [6.45, 7) is 4.51. The number of carbonyl (C=O) groups is 5. The minimum atomic E-state index is -1.53. The van der Waals surface area contributed by atoms with E-state index in [1.165, 1.54) is 31.2 Å². The number of phenols is 1. The fraction of sp³-hybridized carbons (Fsp3) is 0.522. The molecule has 5 unspecified atom stereocenters. The van der Waals surface area contributed by atoms with E-state index in [2.05, 4.69) is 16.0 Å². The molecular formula is C23H35N5O8. The van der Waals surface area contributed by atoms with Gasteiger partial charge in [0.05, 0.1) is 12.1 Å². The van der Waals surface area contributed by atoms with Gasteiger partial charge >= 0.3 is 5.97 Å². The second-order valence-electron chi connectivity index (χ2n) is 8.84. The first-order chi connectivity index (χ1) is 16.7. The number of benzene rings is 1. The molecule has 36 heavy (non-hydrogen) atoms. The van der Waals surface area contributed by atoms with Crippen LogP contribution in [0.4, 0.5) is 0 Å². The predicted molar refractivity (Wildman–Crippen MR) is 128 cm³/mol. The van der Waals surface area contributed by atoms with Crippen molar-refractivity contribution in [2.45, 2.75) is 70.3 Å². The van der Waals surface area contributed by atoms with Gasteiger partial charge < -0.3 is 42.7 Å². The van der Waals surface area contributed by atoms with Crippen molar-refractivity contribution in [2.24, 2.45) is 17.4 Å². The van der Waals surface area contributed by atoms with Gasteiger partial charge in [0.1, 0.15) is 23.9 Å². The van der Waals surface area contributed by atoms with Gasteiger partial charge in [-0.1, -0.05) is 26.0 Å². The summed E-state index contributed by atoms with van der Waals surface area (Å²) in [5.74, 6) is -4.88. The summed E-state index contributed by atoms with van der Waals surface area (Å²) >= 11 is 0. The largest absolute Gasteiger partial charge is 0.508 e. The molecule has 0 fully saturated rings. The van der Waals surface area contributed by atoms with Crippen LogP contribution in [-0.2, 0) is 30.4 Å². The first kappa shape index (κ1) is 30.3. The molecule has 0 saturated carbocycles. The predicted octanol–water partition coefficient (Wildman–Crippen LogP) is -1.90. The van der Waals surface area contributed by atoms with Crippen LogP contribution in [-0.4, -0.2) is 75.2 Å². The van der Waals surface area contributed by atoms with Crippen LogP contribution in [0.15, 0.2) is 24.3 Å². The van der Waals surface area contributed by atoms with E-state index < -0.39 is 65.8 Å². The number of rotatable bonds is 14. The van der Waals surface area contributed by atoms with E-state index in [1.807, 2.05) is 0 Å². The number of carbonyl (C=O) groups excluding carboxylic acids is 4. The van der Waals surface area contributed by atoms with E-state index in [1.54, 1.807) is 13.8 Å². The van der Waals surface area contributed by atoms with Crippen molar-refractivity contribution >= 4 is 29.6 Å². The molecule has 0 radical (unpaired) electrons. The molecule has 4 amide bonds. The summed E-state index contributed by atoms with van der Waals surface area (Å²) in [6.07, 6.45) is -1.66. The average Bonchev–Trinajstić information content (AvgIpc) is 2.79. The average molecular weight is 510 g/mol. The van der Waals surface area contributed by atoms with Gasteiger partial charge in [-0.05, 0) is 37.0 Å². The SMILES string of the molecule is CC(C)C(NC(=O)C(N)CCC(N)=O)C(=O)NC(C(=O)NC(Cc1ccc(O)cc1)C(=O)O)C(C)O. The van der Waals surface area contributed by atoms with Crippen molar-refractivity contribution in [3.8, 4) is 5.75 Å². The topological polar surface area (TPSA) is 234 Å². The molecule has 0 heterocycles. The number of carboxylic acid groups (broad SMARTS) is 1. The number of aliphatic hydroxyl groups is 1. The number of nitrogens with one attached hydrogen (secondary N) is 3.